The fourth-order valence-corrected chi connectivity index (χ4v) is 3.49. The van der Waals surface area contributed by atoms with Gasteiger partial charge in [0.25, 0.3) is 0 Å². The van der Waals surface area contributed by atoms with Gasteiger partial charge in [0.2, 0.25) is 0 Å². The van der Waals surface area contributed by atoms with E-state index in [9.17, 15) is 0 Å². The van der Waals surface area contributed by atoms with E-state index in [0.717, 1.165) is 31.3 Å². The minimum Gasteiger partial charge on any atom is -0.349 e. The van der Waals surface area contributed by atoms with Gasteiger partial charge in [0.1, 0.15) is 0 Å². The third-order valence-electron chi connectivity index (χ3n) is 3.94. The first-order valence-corrected chi connectivity index (χ1v) is 9.24. The van der Waals surface area contributed by atoms with Gasteiger partial charge in [-0.25, -0.2) is 4.98 Å². The van der Waals surface area contributed by atoms with E-state index in [2.05, 4.69) is 49.8 Å². The number of unbranched alkanes of at least 4 members (excludes halogenated alkanes) is 2. The Labute approximate surface area is 135 Å². The van der Waals surface area contributed by atoms with Crippen LogP contribution in [-0.4, -0.2) is 24.6 Å². The number of hydrogen-bond acceptors (Lipinski definition) is 4. The maximum Gasteiger partial charge on any atom is 0.185 e. The SMILES string of the molecule is CCCCCC(C)(C)CNCc1cnc(N(CC)CC)s1. The Balaban J connectivity index is 2.35. The van der Waals surface area contributed by atoms with Gasteiger partial charge in [-0.15, -0.1) is 11.3 Å². The van der Waals surface area contributed by atoms with Crippen molar-refractivity contribution in [1.82, 2.24) is 10.3 Å². The van der Waals surface area contributed by atoms with Gasteiger partial charge >= 0.3 is 0 Å². The van der Waals surface area contributed by atoms with E-state index in [0.29, 0.717) is 5.41 Å². The first kappa shape index (κ1) is 18.4. The Morgan fingerprint density at radius 1 is 1.19 bits per heavy atom. The average Bonchev–Trinajstić information content (AvgIpc) is 2.89. The standard InChI is InChI=1S/C17H33N3S/c1-6-9-10-11-17(4,5)14-18-12-15-13-19-16(21-15)20(7-2)8-3/h13,18H,6-12,14H2,1-5H3. The molecule has 1 rings (SSSR count). The van der Waals surface area contributed by atoms with Crippen molar-refractivity contribution in [3.63, 3.8) is 0 Å². The molecule has 0 unspecified atom stereocenters. The molecule has 0 aliphatic heterocycles. The number of nitrogens with one attached hydrogen (secondary N) is 1. The Morgan fingerprint density at radius 3 is 2.52 bits per heavy atom. The molecule has 0 atom stereocenters. The van der Waals surface area contributed by atoms with Gasteiger partial charge in [-0.3, -0.25) is 0 Å². The maximum absolute atomic E-state index is 4.54. The van der Waals surface area contributed by atoms with Gasteiger partial charge in [-0.1, -0.05) is 40.0 Å². The van der Waals surface area contributed by atoms with E-state index in [1.807, 2.05) is 17.5 Å². The molecular weight excluding hydrogens is 278 g/mol. The van der Waals surface area contributed by atoms with E-state index in [-0.39, 0.29) is 0 Å². The highest BCUT2D eigenvalue weighted by Crippen LogP contribution is 2.24. The van der Waals surface area contributed by atoms with Crippen molar-refractivity contribution >= 4 is 16.5 Å². The molecule has 0 aromatic carbocycles. The molecule has 0 radical (unpaired) electrons. The highest BCUT2D eigenvalue weighted by molar-refractivity contribution is 7.15. The Hall–Kier alpha value is -0.610. The summed E-state index contributed by atoms with van der Waals surface area (Å²) in [7, 11) is 0. The molecule has 1 N–H and O–H groups in total. The van der Waals surface area contributed by atoms with Gasteiger partial charge in [0, 0.05) is 37.3 Å². The second kappa shape index (κ2) is 9.42. The lowest BCUT2D eigenvalue weighted by Crippen LogP contribution is -2.28. The summed E-state index contributed by atoms with van der Waals surface area (Å²) in [5.41, 5.74) is 0.390. The van der Waals surface area contributed by atoms with Gasteiger partial charge in [0.05, 0.1) is 0 Å². The molecule has 1 aromatic heterocycles. The average molecular weight is 312 g/mol. The van der Waals surface area contributed by atoms with Crippen molar-refractivity contribution in [3.8, 4) is 0 Å². The zero-order valence-corrected chi connectivity index (χ0v) is 15.4. The molecule has 3 nitrogen and oxygen atoms in total. The monoisotopic (exact) mass is 311 g/mol. The molecule has 0 amide bonds. The zero-order valence-electron chi connectivity index (χ0n) is 14.5. The fraction of sp³-hybridized carbons (Fsp3) is 0.824. The van der Waals surface area contributed by atoms with Crippen LogP contribution in [0.15, 0.2) is 6.20 Å². The van der Waals surface area contributed by atoms with Crippen LogP contribution in [-0.2, 0) is 6.54 Å². The molecule has 0 fully saturated rings. The van der Waals surface area contributed by atoms with Crippen LogP contribution in [0.3, 0.4) is 0 Å². The fourth-order valence-electron chi connectivity index (χ4n) is 2.49. The summed E-state index contributed by atoms with van der Waals surface area (Å²) in [6.07, 6.45) is 7.33. The number of nitrogens with zero attached hydrogens (tertiary/aromatic N) is 2. The minimum absolute atomic E-state index is 0.390. The van der Waals surface area contributed by atoms with E-state index >= 15 is 0 Å². The number of thiazole rings is 1. The third kappa shape index (κ3) is 6.79. The van der Waals surface area contributed by atoms with Crippen molar-refractivity contribution in [2.24, 2.45) is 5.41 Å². The molecule has 0 bridgehead atoms. The van der Waals surface area contributed by atoms with Crippen molar-refractivity contribution in [2.75, 3.05) is 24.5 Å². The summed E-state index contributed by atoms with van der Waals surface area (Å²) in [4.78, 5) is 8.18. The lowest BCUT2D eigenvalue weighted by molar-refractivity contribution is 0.302. The second-order valence-corrected chi connectivity index (χ2v) is 7.60. The number of anilines is 1. The largest absolute Gasteiger partial charge is 0.349 e. The van der Waals surface area contributed by atoms with Crippen LogP contribution >= 0.6 is 11.3 Å². The van der Waals surface area contributed by atoms with Crippen LogP contribution in [0.5, 0.6) is 0 Å². The Bertz CT molecular complexity index is 383. The lowest BCUT2D eigenvalue weighted by atomic mass is 9.87. The lowest BCUT2D eigenvalue weighted by Gasteiger charge is -2.24. The molecule has 4 heteroatoms. The molecule has 122 valence electrons. The molecule has 21 heavy (non-hydrogen) atoms. The first-order chi connectivity index (χ1) is 10.0. The van der Waals surface area contributed by atoms with Crippen LogP contribution in [0.25, 0.3) is 0 Å². The predicted molar refractivity (Wildman–Crippen MR) is 95.3 cm³/mol. The summed E-state index contributed by atoms with van der Waals surface area (Å²) in [6, 6.07) is 0. The molecule has 1 aromatic rings. The molecule has 0 spiro atoms. The highest BCUT2D eigenvalue weighted by atomic mass is 32.1. The minimum atomic E-state index is 0.390. The van der Waals surface area contributed by atoms with Gasteiger partial charge < -0.3 is 10.2 Å². The first-order valence-electron chi connectivity index (χ1n) is 8.42. The van der Waals surface area contributed by atoms with Crippen molar-refractivity contribution in [3.05, 3.63) is 11.1 Å². The molecule has 0 aliphatic rings. The van der Waals surface area contributed by atoms with Crippen LogP contribution in [0.2, 0.25) is 0 Å². The molecule has 0 saturated heterocycles. The van der Waals surface area contributed by atoms with E-state index in [1.165, 1.54) is 30.6 Å². The molecule has 1 heterocycles. The summed E-state index contributed by atoms with van der Waals surface area (Å²) in [5, 5.41) is 4.76. The maximum atomic E-state index is 4.54. The molecular formula is C17H33N3S. The number of aromatic nitrogens is 1. The second-order valence-electron chi connectivity index (χ2n) is 6.51. The number of rotatable bonds is 11. The molecule has 0 aliphatic carbocycles. The van der Waals surface area contributed by atoms with Crippen molar-refractivity contribution in [1.29, 1.82) is 0 Å². The Kier molecular flexibility index (Phi) is 8.27. The highest BCUT2D eigenvalue weighted by Gasteiger charge is 2.17. The molecule has 0 saturated carbocycles. The number of hydrogen-bond donors (Lipinski definition) is 1. The normalized spacial score (nSPS) is 11.9. The van der Waals surface area contributed by atoms with Crippen LogP contribution in [0.1, 0.15) is 65.2 Å². The van der Waals surface area contributed by atoms with E-state index in [1.54, 1.807) is 0 Å². The van der Waals surface area contributed by atoms with Gasteiger partial charge in [0.15, 0.2) is 5.13 Å². The van der Waals surface area contributed by atoms with Gasteiger partial charge in [-0.05, 0) is 25.7 Å². The quantitative estimate of drug-likeness (QED) is 0.601. The predicted octanol–water partition coefficient (Wildman–Crippen LogP) is 4.69. The van der Waals surface area contributed by atoms with E-state index in [4.69, 9.17) is 0 Å². The third-order valence-corrected chi connectivity index (χ3v) is 4.99. The summed E-state index contributed by atoms with van der Waals surface area (Å²) >= 11 is 1.81. The van der Waals surface area contributed by atoms with Crippen LogP contribution in [0.4, 0.5) is 5.13 Å². The summed E-state index contributed by atoms with van der Waals surface area (Å²) < 4.78 is 0. The van der Waals surface area contributed by atoms with Crippen LogP contribution in [0, 0.1) is 5.41 Å². The van der Waals surface area contributed by atoms with Crippen molar-refractivity contribution < 1.29 is 0 Å². The van der Waals surface area contributed by atoms with Gasteiger partial charge in [-0.2, -0.15) is 0 Å². The summed E-state index contributed by atoms with van der Waals surface area (Å²) in [5.74, 6) is 0. The Morgan fingerprint density at radius 2 is 1.90 bits per heavy atom. The smallest absolute Gasteiger partial charge is 0.185 e. The van der Waals surface area contributed by atoms with Crippen LogP contribution < -0.4 is 10.2 Å². The van der Waals surface area contributed by atoms with Crippen molar-refractivity contribution in [2.45, 2.75) is 66.8 Å². The summed E-state index contributed by atoms with van der Waals surface area (Å²) in [6.45, 7) is 15.4. The van der Waals surface area contributed by atoms with E-state index < -0.39 is 0 Å². The zero-order chi connectivity index (χ0) is 15.7. The topological polar surface area (TPSA) is 28.2 Å².